The maximum absolute atomic E-state index is 9.82. The summed E-state index contributed by atoms with van der Waals surface area (Å²) in [5.74, 6) is 1.93. The average molecular weight is 487 g/mol. The first-order valence-corrected chi connectivity index (χ1v) is 11.6. The number of aromatic hydroxyl groups is 1. The van der Waals surface area contributed by atoms with Gasteiger partial charge in [0.15, 0.2) is 7.14 Å². The summed E-state index contributed by atoms with van der Waals surface area (Å²) in [5, 5.41) is 9.82. The van der Waals surface area contributed by atoms with Gasteiger partial charge in [0.05, 0.1) is 0 Å². The van der Waals surface area contributed by atoms with E-state index in [-0.39, 0.29) is 26.6 Å². The lowest BCUT2D eigenvalue weighted by atomic mass is 9.87. The standard InChI is InChI=1S/C25H27IO2/c1-16-13-21(28-24-15-17(2)23(27)14-18(24)3)11-12-22(16)26-20-9-7-19(8-10-20)25(4,5)6/h7-15H,1-6H3/p+1. The van der Waals surface area contributed by atoms with E-state index in [0.29, 0.717) is 5.75 Å². The van der Waals surface area contributed by atoms with Gasteiger partial charge in [0, 0.05) is 5.56 Å². The number of benzene rings is 3. The maximum Gasteiger partial charge on any atom is 0.358 e. The van der Waals surface area contributed by atoms with E-state index >= 15 is 0 Å². The van der Waals surface area contributed by atoms with Crippen LogP contribution in [-0.4, -0.2) is 5.11 Å². The molecule has 0 saturated heterocycles. The Balaban J connectivity index is 1.76. The third-order valence-electron chi connectivity index (χ3n) is 4.77. The number of aryl methyl sites for hydroxylation is 3. The molecule has 0 fully saturated rings. The van der Waals surface area contributed by atoms with Gasteiger partial charge in [-0.25, -0.2) is 0 Å². The smallest absolute Gasteiger partial charge is 0.358 e. The van der Waals surface area contributed by atoms with Gasteiger partial charge < -0.3 is 9.84 Å². The molecule has 3 aromatic rings. The minimum atomic E-state index is -0.221. The van der Waals surface area contributed by atoms with Crippen molar-refractivity contribution in [1.29, 1.82) is 0 Å². The van der Waals surface area contributed by atoms with Crippen molar-refractivity contribution in [3.05, 3.63) is 84.0 Å². The van der Waals surface area contributed by atoms with E-state index in [9.17, 15) is 5.11 Å². The Bertz CT molecular complexity index is 983. The van der Waals surface area contributed by atoms with Gasteiger partial charge in [0.25, 0.3) is 0 Å². The Hall–Kier alpha value is -2.01. The van der Waals surface area contributed by atoms with Crippen LogP contribution in [0.1, 0.15) is 43.0 Å². The van der Waals surface area contributed by atoms with Gasteiger partial charge >= 0.3 is 21.2 Å². The number of halogens is 1. The molecule has 146 valence electrons. The predicted octanol–water partition coefficient (Wildman–Crippen LogP) is 3.54. The Kier molecular flexibility index (Phi) is 6.04. The van der Waals surface area contributed by atoms with Crippen LogP contribution in [-0.2, 0) is 5.41 Å². The Morgan fingerprint density at radius 3 is 2.07 bits per heavy atom. The fourth-order valence-electron chi connectivity index (χ4n) is 2.93. The SMILES string of the molecule is Cc1cc(Oc2ccc([I+]c3ccc(C(C)(C)C)cc3)c(C)c2)c(C)cc1O. The van der Waals surface area contributed by atoms with Crippen molar-refractivity contribution < 1.29 is 31.0 Å². The van der Waals surface area contributed by atoms with Crippen molar-refractivity contribution in [3.63, 3.8) is 0 Å². The van der Waals surface area contributed by atoms with Gasteiger partial charge in [-0.2, -0.15) is 0 Å². The second-order valence-corrected chi connectivity index (χ2v) is 11.2. The summed E-state index contributed by atoms with van der Waals surface area (Å²) in [5.41, 5.74) is 4.57. The summed E-state index contributed by atoms with van der Waals surface area (Å²) in [7, 11) is 0. The summed E-state index contributed by atoms with van der Waals surface area (Å²) in [6.07, 6.45) is 0. The van der Waals surface area contributed by atoms with Gasteiger partial charge in [0.2, 0.25) is 0 Å². The zero-order chi connectivity index (χ0) is 20.5. The van der Waals surface area contributed by atoms with Crippen LogP contribution >= 0.6 is 0 Å². The highest BCUT2D eigenvalue weighted by molar-refractivity contribution is 5.46. The monoisotopic (exact) mass is 487 g/mol. The van der Waals surface area contributed by atoms with Gasteiger partial charge in [-0.15, -0.1) is 0 Å². The molecule has 28 heavy (non-hydrogen) atoms. The topological polar surface area (TPSA) is 29.5 Å². The van der Waals surface area contributed by atoms with Crippen molar-refractivity contribution in [2.24, 2.45) is 0 Å². The number of hydrogen-bond donors (Lipinski definition) is 1. The largest absolute Gasteiger partial charge is 0.508 e. The minimum absolute atomic E-state index is 0.191. The lowest BCUT2D eigenvalue weighted by molar-refractivity contribution is -0.598. The molecule has 0 radical (unpaired) electrons. The van der Waals surface area contributed by atoms with Gasteiger partial charge in [-0.3, -0.25) is 0 Å². The molecule has 3 aromatic carbocycles. The van der Waals surface area contributed by atoms with Crippen LogP contribution in [0, 0.1) is 27.9 Å². The van der Waals surface area contributed by atoms with Crippen LogP contribution in [0.4, 0.5) is 0 Å². The fourth-order valence-corrected chi connectivity index (χ4v) is 5.26. The van der Waals surface area contributed by atoms with Crippen LogP contribution < -0.4 is 25.9 Å². The van der Waals surface area contributed by atoms with Crippen molar-refractivity contribution in [2.45, 2.75) is 47.0 Å². The maximum atomic E-state index is 9.82. The quantitative estimate of drug-likeness (QED) is 0.571. The Morgan fingerprint density at radius 2 is 1.46 bits per heavy atom. The van der Waals surface area contributed by atoms with Crippen LogP contribution in [0.25, 0.3) is 0 Å². The highest BCUT2D eigenvalue weighted by Gasteiger charge is 2.21. The van der Waals surface area contributed by atoms with E-state index in [2.05, 4.69) is 64.1 Å². The third kappa shape index (κ3) is 4.88. The molecule has 0 unspecified atom stereocenters. The molecule has 0 saturated carbocycles. The van der Waals surface area contributed by atoms with Crippen LogP contribution in [0.2, 0.25) is 0 Å². The summed E-state index contributed by atoms with van der Waals surface area (Å²) >= 11 is -0.221. The minimum Gasteiger partial charge on any atom is -0.508 e. The molecule has 3 rings (SSSR count). The predicted molar refractivity (Wildman–Crippen MR) is 111 cm³/mol. The zero-order valence-electron chi connectivity index (χ0n) is 17.4. The highest BCUT2D eigenvalue weighted by atomic mass is 127. The van der Waals surface area contributed by atoms with Crippen LogP contribution in [0.3, 0.4) is 0 Å². The number of ether oxygens (including phenoxy) is 1. The summed E-state index contributed by atoms with van der Waals surface area (Å²) in [6.45, 7) is 12.7. The second kappa shape index (κ2) is 8.16. The molecule has 0 amide bonds. The van der Waals surface area contributed by atoms with Crippen LogP contribution in [0.15, 0.2) is 54.6 Å². The Labute approximate surface area is 178 Å². The molecule has 0 aliphatic rings. The van der Waals surface area contributed by atoms with E-state index in [4.69, 9.17) is 4.74 Å². The van der Waals surface area contributed by atoms with Gasteiger partial charge in [0.1, 0.15) is 17.2 Å². The average Bonchev–Trinajstić information content (AvgIpc) is 2.62. The second-order valence-electron chi connectivity index (χ2n) is 8.27. The lowest BCUT2D eigenvalue weighted by Gasteiger charge is -2.18. The van der Waals surface area contributed by atoms with Crippen molar-refractivity contribution in [1.82, 2.24) is 0 Å². The van der Waals surface area contributed by atoms with Crippen molar-refractivity contribution in [3.8, 4) is 17.2 Å². The summed E-state index contributed by atoms with van der Waals surface area (Å²) in [6, 6.07) is 19.1. The first kappa shape index (κ1) is 20.7. The summed E-state index contributed by atoms with van der Waals surface area (Å²) < 4.78 is 8.92. The van der Waals surface area contributed by atoms with E-state index in [1.165, 1.54) is 18.3 Å². The number of phenolic OH excluding ortho intramolecular Hbond substituents is 1. The first-order chi connectivity index (χ1) is 13.1. The molecule has 0 aliphatic heterocycles. The molecule has 2 nitrogen and oxygen atoms in total. The van der Waals surface area contributed by atoms with E-state index in [1.54, 1.807) is 6.07 Å². The number of hydrogen-bond acceptors (Lipinski definition) is 2. The normalized spacial score (nSPS) is 11.5. The highest BCUT2D eigenvalue weighted by Crippen LogP contribution is 2.30. The molecule has 3 heteroatoms. The molecule has 0 heterocycles. The third-order valence-corrected chi connectivity index (χ3v) is 7.91. The lowest BCUT2D eigenvalue weighted by Crippen LogP contribution is -3.61. The van der Waals surface area contributed by atoms with Crippen LogP contribution in [0.5, 0.6) is 17.2 Å². The molecule has 0 atom stereocenters. The van der Waals surface area contributed by atoms with Gasteiger partial charge in [-0.05, 0) is 85.3 Å². The van der Waals surface area contributed by atoms with E-state index < -0.39 is 0 Å². The van der Waals surface area contributed by atoms with Crippen molar-refractivity contribution in [2.75, 3.05) is 0 Å². The molecule has 0 bridgehead atoms. The Morgan fingerprint density at radius 1 is 0.786 bits per heavy atom. The van der Waals surface area contributed by atoms with E-state index in [0.717, 1.165) is 22.6 Å². The number of rotatable bonds is 4. The zero-order valence-corrected chi connectivity index (χ0v) is 19.6. The molecule has 1 N–H and O–H groups in total. The molecular weight excluding hydrogens is 459 g/mol. The van der Waals surface area contributed by atoms with Gasteiger partial charge in [-0.1, -0.05) is 32.9 Å². The molecule has 0 aromatic heterocycles. The first-order valence-electron chi connectivity index (χ1n) is 9.47. The summed E-state index contributed by atoms with van der Waals surface area (Å²) in [4.78, 5) is 0. The fraction of sp³-hybridized carbons (Fsp3) is 0.280. The molecular formula is C25H28IO2+. The van der Waals surface area contributed by atoms with E-state index in [1.807, 2.05) is 26.0 Å². The van der Waals surface area contributed by atoms with Crippen molar-refractivity contribution >= 4 is 0 Å². The molecule has 0 spiro atoms. The number of phenols is 1. The molecule has 0 aliphatic carbocycles.